The molecule has 7 nitrogen and oxygen atoms in total. The highest BCUT2D eigenvalue weighted by atomic mass is 127. The molecule has 1 rings (SSSR count). The van der Waals surface area contributed by atoms with E-state index in [-0.39, 0.29) is 48.7 Å². The Kier molecular flexibility index (Phi) is 14.3. The van der Waals surface area contributed by atoms with Gasteiger partial charge in [0.1, 0.15) is 5.75 Å². The zero-order valence-corrected chi connectivity index (χ0v) is 18.7. The number of aliphatic imine (C=N–C) groups is 1. The SMILES string of the molecule is CCOCCCNC(=NCc1ccccc1OC(F)F)NCC(=O)N(C)C.I. The number of hydrogen-bond donors (Lipinski definition) is 2. The number of halogens is 3. The lowest BCUT2D eigenvalue weighted by atomic mass is 10.2. The second-order valence-corrected chi connectivity index (χ2v) is 5.77. The lowest BCUT2D eigenvalue weighted by molar-refractivity contribution is -0.127. The number of rotatable bonds is 11. The van der Waals surface area contributed by atoms with Crippen molar-refractivity contribution in [3.05, 3.63) is 29.8 Å². The molecule has 0 fully saturated rings. The molecule has 0 bridgehead atoms. The molecule has 0 heterocycles. The first-order chi connectivity index (χ1) is 12.9. The van der Waals surface area contributed by atoms with Gasteiger partial charge >= 0.3 is 6.61 Å². The summed E-state index contributed by atoms with van der Waals surface area (Å²) < 4.78 is 34.8. The molecule has 10 heteroatoms. The van der Waals surface area contributed by atoms with Crippen molar-refractivity contribution in [3.8, 4) is 5.75 Å². The van der Waals surface area contributed by atoms with E-state index in [1.165, 1.54) is 11.0 Å². The number of likely N-dealkylation sites (N-methyl/N-ethyl adjacent to an activating group) is 1. The van der Waals surface area contributed by atoms with Crippen LogP contribution in [0.3, 0.4) is 0 Å². The Morgan fingerprint density at radius 1 is 1.25 bits per heavy atom. The lowest BCUT2D eigenvalue weighted by Crippen LogP contribution is -2.43. The summed E-state index contributed by atoms with van der Waals surface area (Å²) in [6.07, 6.45) is 0.765. The second kappa shape index (κ2) is 15.3. The van der Waals surface area contributed by atoms with Gasteiger partial charge < -0.3 is 25.0 Å². The summed E-state index contributed by atoms with van der Waals surface area (Å²) in [6, 6.07) is 6.47. The van der Waals surface area contributed by atoms with Crippen molar-refractivity contribution in [1.29, 1.82) is 0 Å². The molecule has 0 aliphatic carbocycles. The summed E-state index contributed by atoms with van der Waals surface area (Å²) in [5.41, 5.74) is 0.521. The van der Waals surface area contributed by atoms with E-state index in [2.05, 4.69) is 20.4 Å². The van der Waals surface area contributed by atoms with Crippen molar-refractivity contribution in [2.75, 3.05) is 40.4 Å². The number of benzene rings is 1. The smallest absolute Gasteiger partial charge is 0.387 e. The number of ether oxygens (including phenoxy) is 2. The lowest BCUT2D eigenvalue weighted by Gasteiger charge is -2.15. The average molecular weight is 514 g/mol. The maximum absolute atomic E-state index is 12.5. The molecule has 0 saturated carbocycles. The van der Waals surface area contributed by atoms with Gasteiger partial charge in [-0.2, -0.15) is 8.78 Å². The third-order valence-electron chi connectivity index (χ3n) is 3.46. The van der Waals surface area contributed by atoms with Crippen LogP contribution >= 0.6 is 24.0 Å². The van der Waals surface area contributed by atoms with Gasteiger partial charge in [-0.15, -0.1) is 24.0 Å². The van der Waals surface area contributed by atoms with E-state index < -0.39 is 6.61 Å². The van der Waals surface area contributed by atoms with E-state index >= 15 is 0 Å². The molecule has 0 radical (unpaired) electrons. The van der Waals surface area contributed by atoms with Gasteiger partial charge in [-0.25, -0.2) is 4.99 Å². The first-order valence-corrected chi connectivity index (χ1v) is 8.76. The van der Waals surface area contributed by atoms with Crippen molar-refractivity contribution >= 4 is 35.8 Å². The van der Waals surface area contributed by atoms with Crippen LogP contribution in [0.1, 0.15) is 18.9 Å². The fraction of sp³-hybridized carbons (Fsp3) is 0.556. The Bertz CT molecular complexity index is 604. The minimum absolute atomic E-state index is 0. The molecule has 1 amide bonds. The number of nitrogens with zero attached hydrogens (tertiary/aromatic N) is 2. The van der Waals surface area contributed by atoms with Crippen LogP contribution in [0.4, 0.5) is 8.78 Å². The number of carbonyl (C=O) groups excluding carboxylic acids is 1. The number of carbonyl (C=O) groups is 1. The normalized spacial score (nSPS) is 11.0. The summed E-state index contributed by atoms with van der Waals surface area (Å²) >= 11 is 0. The highest BCUT2D eigenvalue weighted by Crippen LogP contribution is 2.20. The van der Waals surface area contributed by atoms with Crippen LogP contribution in [-0.4, -0.2) is 63.8 Å². The monoisotopic (exact) mass is 514 g/mol. The first-order valence-electron chi connectivity index (χ1n) is 8.76. The molecular weight excluding hydrogens is 485 g/mol. The van der Waals surface area contributed by atoms with Gasteiger partial charge in [-0.05, 0) is 19.4 Å². The molecule has 0 aliphatic rings. The van der Waals surface area contributed by atoms with Crippen molar-refractivity contribution in [1.82, 2.24) is 15.5 Å². The van der Waals surface area contributed by atoms with Crippen LogP contribution < -0.4 is 15.4 Å². The van der Waals surface area contributed by atoms with E-state index in [0.29, 0.717) is 31.3 Å². The molecule has 0 saturated heterocycles. The highest BCUT2D eigenvalue weighted by molar-refractivity contribution is 14.0. The molecule has 0 spiro atoms. The number of amides is 1. The quantitative estimate of drug-likeness (QED) is 0.206. The zero-order valence-electron chi connectivity index (χ0n) is 16.4. The number of nitrogens with one attached hydrogen (secondary N) is 2. The molecule has 0 atom stereocenters. The molecule has 28 heavy (non-hydrogen) atoms. The Hall–Kier alpha value is -1.69. The van der Waals surface area contributed by atoms with Crippen molar-refractivity contribution in [2.45, 2.75) is 26.5 Å². The minimum Gasteiger partial charge on any atom is -0.434 e. The third kappa shape index (κ3) is 11.2. The van der Waals surface area contributed by atoms with Crippen molar-refractivity contribution < 1.29 is 23.0 Å². The zero-order chi connectivity index (χ0) is 20.1. The molecule has 0 unspecified atom stereocenters. The van der Waals surface area contributed by atoms with E-state index in [1.54, 1.807) is 32.3 Å². The van der Waals surface area contributed by atoms with Crippen LogP contribution in [0.5, 0.6) is 5.75 Å². The van der Waals surface area contributed by atoms with Gasteiger partial charge in [0.15, 0.2) is 5.96 Å². The highest BCUT2D eigenvalue weighted by Gasteiger charge is 2.10. The largest absolute Gasteiger partial charge is 0.434 e. The summed E-state index contributed by atoms with van der Waals surface area (Å²) in [6.45, 7) is 1.07. The molecule has 2 N–H and O–H groups in total. The Labute approximate surface area is 181 Å². The maximum atomic E-state index is 12.5. The number of para-hydroxylation sites is 1. The predicted octanol–water partition coefficient (Wildman–Crippen LogP) is 2.46. The summed E-state index contributed by atoms with van der Waals surface area (Å²) in [5.74, 6) is 0.380. The Morgan fingerprint density at radius 2 is 1.96 bits per heavy atom. The van der Waals surface area contributed by atoms with Crippen LogP contribution in [0.25, 0.3) is 0 Å². The molecule has 1 aromatic rings. The van der Waals surface area contributed by atoms with E-state index in [9.17, 15) is 13.6 Å². The van der Waals surface area contributed by atoms with Gasteiger partial charge in [-0.1, -0.05) is 18.2 Å². The van der Waals surface area contributed by atoms with Gasteiger partial charge in [0.05, 0.1) is 13.1 Å². The Balaban J connectivity index is 0.00000729. The Morgan fingerprint density at radius 3 is 2.61 bits per heavy atom. The van der Waals surface area contributed by atoms with Crippen LogP contribution in [0.2, 0.25) is 0 Å². The van der Waals surface area contributed by atoms with E-state index in [1.807, 2.05) is 6.92 Å². The van der Waals surface area contributed by atoms with Gasteiger partial charge in [0.2, 0.25) is 5.91 Å². The fourth-order valence-electron chi connectivity index (χ4n) is 2.03. The summed E-state index contributed by atoms with van der Waals surface area (Å²) in [4.78, 5) is 17.6. The van der Waals surface area contributed by atoms with Gasteiger partial charge in [-0.3, -0.25) is 4.79 Å². The van der Waals surface area contributed by atoms with Crippen molar-refractivity contribution in [3.63, 3.8) is 0 Å². The van der Waals surface area contributed by atoms with E-state index in [4.69, 9.17) is 4.74 Å². The average Bonchev–Trinajstić information content (AvgIpc) is 2.63. The van der Waals surface area contributed by atoms with Crippen LogP contribution in [0, 0.1) is 0 Å². The first kappa shape index (κ1) is 26.3. The molecule has 1 aromatic carbocycles. The third-order valence-corrected chi connectivity index (χ3v) is 3.46. The maximum Gasteiger partial charge on any atom is 0.387 e. The summed E-state index contributed by atoms with van der Waals surface area (Å²) in [7, 11) is 3.32. The van der Waals surface area contributed by atoms with Gasteiger partial charge in [0, 0.05) is 39.4 Å². The number of alkyl halides is 2. The number of guanidine groups is 1. The fourth-order valence-corrected chi connectivity index (χ4v) is 2.03. The minimum atomic E-state index is -2.90. The van der Waals surface area contributed by atoms with Crippen LogP contribution in [-0.2, 0) is 16.1 Å². The van der Waals surface area contributed by atoms with Crippen LogP contribution in [0.15, 0.2) is 29.3 Å². The van der Waals surface area contributed by atoms with Gasteiger partial charge in [0.25, 0.3) is 0 Å². The topological polar surface area (TPSA) is 75.2 Å². The summed E-state index contributed by atoms with van der Waals surface area (Å²) in [5, 5.41) is 6.04. The standard InChI is InChI=1S/C18H28F2N4O3.HI/c1-4-26-11-7-10-21-18(23-13-16(25)24(2)3)22-12-14-8-5-6-9-15(14)27-17(19)20;/h5-6,8-9,17H,4,7,10-13H2,1-3H3,(H2,21,22,23);1H. The molecule has 160 valence electrons. The molecular formula is C18H29F2IN4O3. The van der Waals surface area contributed by atoms with E-state index in [0.717, 1.165) is 6.42 Å². The molecule has 0 aliphatic heterocycles. The second-order valence-electron chi connectivity index (χ2n) is 5.77. The van der Waals surface area contributed by atoms with Crippen molar-refractivity contribution in [2.24, 2.45) is 4.99 Å². The predicted molar refractivity (Wildman–Crippen MR) is 115 cm³/mol. The number of hydrogen-bond acceptors (Lipinski definition) is 4. The molecule has 0 aromatic heterocycles.